The van der Waals surface area contributed by atoms with Crippen molar-refractivity contribution in [2.45, 2.75) is 64.1 Å². The maximum absolute atomic E-state index is 14.7. The number of aromatic nitrogens is 4. The number of carbonyl (C=O) groups is 1. The number of likely N-dealkylation sites (tertiary alicyclic amines) is 1. The molecule has 13 heteroatoms. The van der Waals surface area contributed by atoms with Crippen LogP contribution in [0.5, 0.6) is 0 Å². The Morgan fingerprint density at radius 2 is 2.00 bits per heavy atom. The lowest BCUT2D eigenvalue weighted by Crippen LogP contribution is -2.46. The molecule has 1 aliphatic rings. The third-order valence-electron chi connectivity index (χ3n) is 7.22. The summed E-state index contributed by atoms with van der Waals surface area (Å²) in [4.78, 5) is 21.9. The Labute approximate surface area is 234 Å². The van der Waals surface area contributed by atoms with Crippen LogP contribution in [0.15, 0.2) is 41.1 Å². The van der Waals surface area contributed by atoms with E-state index in [0.29, 0.717) is 35.1 Å². The van der Waals surface area contributed by atoms with Crippen LogP contribution >= 0.6 is 0 Å². The standard InChI is InChI=1S/C28H33F4N7O2/c1-27(2,3)23-10-16(12-33-23)26(40)34-13-24-36-25(37-41-24)22-11-17-19(35-20-8-9-38(4)14-18(20)29)6-5-7-21(17)39(22)15-28(30,31)32/h5-7,10-12,18,20,33,35H,8-9,13-15H2,1-4H3,(H,34,40)/t18-,20+/m0/s1. The van der Waals surface area contributed by atoms with Crippen LogP contribution in [0.4, 0.5) is 23.2 Å². The molecule has 3 aromatic heterocycles. The zero-order chi connectivity index (χ0) is 29.5. The molecule has 4 heterocycles. The number of rotatable bonds is 7. The third-order valence-corrected chi connectivity index (χ3v) is 7.22. The number of benzene rings is 1. The normalized spacial score (nSPS) is 18.6. The first-order valence-electron chi connectivity index (χ1n) is 13.4. The summed E-state index contributed by atoms with van der Waals surface area (Å²) in [6.07, 6.45) is -3.48. The molecule has 1 fully saturated rings. The average molecular weight is 576 g/mol. The van der Waals surface area contributed by atoms with E-state index in [1.807, 2.05) is 32.7 Å². The topological polar surface area (TPSA) is 104 Å². The first-order valence-corrected chi connectivity index (χ1v) is 13.4. The highest BCUT2D eigenvalue weighted by molar-refractivity contribution is 5.96. The lowest BCUT2D eigenvalue weighted by Gasteiger charge is -2.33. The first-order chi connectivity index (χ1) is 19.3. The number of anilines is 1. The summed E-state index contributed by atoms with van der Waals surface area (Å²) < 4.78 is 62.0. The second-order valence-electron chi connectivity index (χ2n) is 11.5. The lowest BCUT2D eigenvalue weighted by atomic mass is 9.92. The van der Waals surface area contributed by atoms with Gasteiger partial charge in [-0.3, -0.25) is 4.79 Å². The number of H-pyrrole nitrogens is 1. The van der Waals surface area contributed by atoms with E-state index in [-0.39, 0.29) is 41.8 Å². The maximum Gasteiger partial charge on any atom is 0.406 e. The zero-order valence-electron chi connectivity index (χ0n) is 23.3. The average Bonchev–Trinajstić information content (AvgIpc) is 3.63. The Hall–Kier alpha value is -3.87. The van der Waals surface area contributed by atoms with Gasteiger partial charge in [-0.25, -0.2) is 4.39 Å². The Bertz CT molecular complexity index is 1530. The zero-order valence-corrected chi connectivity index (χ0v) is 23.3. The Morgan fingerprint density at radius 1 is 1.22 bits per heavy atom. The molecule has 0 aliphatic carbocycles. The van der Waals surface area contributed by atoms with Crippen LogP contribution in [0.3, 0.4) is 0 Å². The fraction of sp³-hybridized carbons (Fsp3) is 0.464. The summed E-state index contributed by atoms with van der Waals surface area (Å²) in [6.45, 7) is 5.65. The van der Waals surface area contributed by atoms with E-state index in [1.165, 1.54) is 0 Å². The molecule has 1 aliphatic heterocycles. The van der Waals surface area contributed by atoms with E-state index in [4.69, 9.17) is 4.52 Å². The van der Waals surface area contributed by atoms with Crippen molar-refractivity contribution in [1.29, 1.82) is 0 Å². The van der Waals surface area contributed by atoms with Crippen molar-refractivity contribution >= 4 is 22.5 Å². The fourth-order valence-corrected chi connectivity index (χ4v) is 5.01. The van der Waals surface area contributed by atoms with Crippen LogP contribution in [-0.2, 0) is 18.5 Å². The summed E-state index contributed by atoms with van der Waals surface area (Å²) in [5, 5.41) is 10.3. The van der Waals surface area contributed by atoms with Crippen LogP contribution in [-0.4, -0.2) is 69.0 Å². The van der Waals surface area contributed by atoms with Crippen molar-refractivity contribution in [3.8, 4) is 11.5 Å². The highest BCUT2D eigenvalue weighted by Gasteiger charge is 2.32. The third kappa shape index (κ3) is 6.39. The minimum Gasteiger partial charge on any atom is -0.379 e. The first kappa shape index (κ1) is 28.7. The monoisotopic (exact) mass is 575 g/mol. The molecule has 4 aromatic rings. The van der Waals surface area contributed by atoms with Gasteiger partial charge in [0.2, 0.25) is 11.7 Å². The molecule has 0 unspecified atom stereocenters. The molecule has 1 aromatic carbocycles. The van der Waals surface area contributed by atoms with Crippen LogP contribution in [0.2, 0.25) is 0 Å². The van der Waals surface area contributed by atoms with E-state index in [1.54, 1.807) is 36.5 Å². The number of fused-ring (bicyclic) bond motifs is 1. The van der Waals surface area contributed by atoms with E-state index < -0.39 is 24.9 Å². The molecule has 5 rings (SSSR count). The molecule has 9 nitrogen and oxygen atoms in total. The van der Waals surface area contributed by atoms with Crippen LogP contribution < -0.4 is 10.6 Å². The Morgan fingerprint density at radius 3 is 2.68 bits per heavy atom. The molecular formula is C28H33F4N7O2. The maximum atomic E-state index is 14.7. The number of nitrogens with one attached hydrogen (secondary N) is 3. The van der Waals surface area contributed by atoms with E-state index >= 15 is 0 Å². The molecule has 0 radical (unpaired) electrons. The molecule has 2 atom stereocenters. The van der Waals surface area contributed by atoms with Crippen LogP contribution in [0, 0.1) is 0 Å². The number of nitrogens with zero attached hydrogens (tertiary/aromatic N) is 4. The second kappa shape index (κ2) is 10.8. The van der Waals surface area contributed by atoms with Gasteiger partial charge < -0.3 is 29.6 Å². The largest absolute Gasteiger partial charge is 0.406 e. The van der Waals surface area contributed by atoms with E-state index in [9.17, 15) is 22.4 Å². The van der Waals surface area contributed by atoms with Gasteiger partial charge in [0, 0.05) is 41.5 Å². The number of hydrogen-bond donors (Lipinski definition) is 3. The van der Waals surface area contributed by atoms with Gasteiger partial charge in [-0.05, 0) is 37.7 Å². The summed E-state index contributed by atoms with van der Waals surface area (Å²) in [7, 11) is 1.85. The van der Waals surface area contributed by atoms with Crippen molar-refractivity contribution in [1.82, 2.24) is 29.9 Å². The molecule has 0 spiro atoms. The summed E-state index contributed by atoms with van der Waals surface area (Å²) in [5.41, 5.74) is 2.08. The molecule has 1 amide bonds. The lowest BCUT2D eigenvalue weighted by molar-refractivity contribution is -0.139. The summed E-state index contributed by atoms with van der Waals surface area (Å²) in [6, 6.07) is 7.76. The van der Waals surface area contributed by atoms with Gasteiger partial charge in [0.25, 0.3) is 5.91 Å². The Balaban J connectivity index is 1.40. The quantitative estimate of drug-likeness (QED) is 0.260. The van der Waals surface area contributed by atoms with Gasteiger partial charge in [0.15, 0.2) is 0 Å². The van der Waals surface area contributed by atoms with Gasteiger partial charge in [0.1, 0.15) is 12.7 Å². The van der Waals surface area contributed by atoms with Crippen molar-refractivity contribution in [2.24, 2.45) is 0 Å². The van der Waals surface area contributed by atoms with Gasteiger partial charge in [-0.15, -0.1) is 0 Å². The fourth-order valence-electron chi connectivity index (χ4n) is 5.01. The number of amides is 1. The number of hydrogen-bond acceptors (Lipinski definition) is 6. The SMILES string of the molecule is CN1CC[C@@H](Nc2cccc3c2cc(-c2noc(CNC(=O)c4c[nH]c(C(C)(C)C)c4)n2)n3CC(F)(F)F)[C@@H](F)C1. The number of alkyl halides is 4. The summed E-state index contributed by atoms with van der Waals surface area (Å²) >= 11 is 0. The van der Waals surface area contributed by atoms with Gasteiger partial charge in [-0.1, -0.05) is 32.0 Å². The van der Waals surface area contributed by atoms with Gasteiger partial charge in [-0.2, -0.15) is 18.2 Å². The van der Waals surface area contributed by atoms with E-state index in [0.717, 1.165) is 10.3 Å². The predicted molar refractivity (Wildman–Crippen MR) is 146 cm³/mol. The van der Waals surface area contributed by atoms with Crippen LogP contribution in [0.1, 0.15) is 49.1 Å². The Kier molecular flexibility index (Phi) is 7.58. The summed E-state index contributed by atoms with van der Waals surface area (Å²) in [5.74, 6) is -0.382. The smallest absolute Gasteiger partial charge is 0.379 e. The van der Waals surface area contributed by atoms with Crippen molar-refractivity contribution in [2.75, 3.05) is 25.5 Å². The molecular weight excluding hydrogens is 542 g/mol. The number of aromatic amines is 1. The van der Waals surface area contributed by atoms with E-state index in [2.05, 4.69) is 25.8 Å². The van der Waals surface area contributed by atoms with Gasteiger partial charge in [0.05, 0.1) is 29.4 Å². The van der Waals surface area contributed by atoms with Crippen molar-refractivity contribution < 1.29 is 26.9 Å². The molecule has 0 bridgehead atoms. The van der Waals surface area contributed by atoms with Crippen molar-refractivity contribution in [3.05, 3.63) is 53.7 Å². The highest BCUT2D eigenvalue weighted by Crippen LogP contribution is 2.35. The predicted octanol–water partition coefficient (Wildman–Crippen LogP) is 5.26. The number of halogens is 4. The number of carbonyl (C=O) groups excluding carboxylic acids is 1. The van der Waals surface area contributed by atoms with Gasteiger partial charge >= 0.3 is 6.18 Å². The minimum atomic E-state index is -4.52. The molecule has 220 valence electrons. The molecule has 1 saturated heterocycles. The number of piperidine rings is 1. The van der Waals surface area contributed by atoms with Crippen molar-refractivity contribution in [3.63, 3.8) is 0 Å². The minimum absolute atomic E-state index is 0.0358. The second-order valence-corrected chi connectivity index (χ2v) is 11.5. The molecule has 0 saturated carbocycles. The highest BCUT2D eigenvalue weighted by atomic mass is 19.4. The molecule has 41 heavy (non-hydrogen) atoms. The van der Waals surface area contributed by atoms with Crippen LogP contribution in [0.25, 0.3) is 22.4 Å². The molecule has 3 N–H and O–H groups in total.